The minimum atomic E-state index is -1.80. The molecule has 0 aliphatic heterocycles. The van der Waals surface area contributed by atoms with E-state index >= 15 is 0 Å². The largest absolute Gasteiger partial charge is 0.493 e. The first kappa shape index (κ1) is 20.4. The molecule has 0 unspecified atom stereocenters. The van der Waals surface area contributed by atoms with E-state index in [0.717, 1.165) is 12.1 Å². The molecule has 6 nitrogen and oxygen atoms in total. The first-order valence-corrected chi connectivity index (χ1v) is 10.7. The van der Waals surface area contributed by atoms with Gasteiger partial charge in [0.25, 0.3) is 0 Å². The van der Waals surface area contributed by atoms with Gasteiger partial charge in [0, 0.05) is 19.1 Å². The third-order valence-corrected chi connectivity index (χ3v) is 8.78. The van der Waals surface area contributed by atoms with E-state index in [1.807, 2.05) is 0 Å². The lowest BCUT2D eigenvalue weighted by Gasteiger charge is -2.36. The Kier molecular flexibility index (Phi) is 6.73. The Morgan fingerprint density at radius 3 is 2.33 bits per heavy atom. The van der Waals surface area contributed by atoms with Crippen LogP contribution in [0.3, 0.4) is 0 Å². The molecule has 0 aromatic heterocycles. The summed E-state index contributed by atoms with van der Waals surface area (Å²) >= 11 is 0. The standard InChI is InChI=1S/C16H26FNO5Si/c1-16(2,3)24(5,6)23-9-7-8-22-15-10-12(17)13(18(19)20)11-14(15)21-4/h10-11H,7-9H2,1-6H3. The second-order valence-corrected chi connectivity index (χ2v) is 11.8. The van der Waals surface area contributed by atoms with E-state index in [-0.39, 0.29) is 16.5 Å². The van der Waals surface area contributed by atoms with Gasteiger partial charge in [-0.25, -0.2) is 0 Å². The monoisotopic (exact) mass is 359 g/mol. The van der Waals surface area contributed by atoms with Crippen LogP contribution in [0.2, 0.25) is 18.1 Å². The molecular weight excluding hydrogens is 333 g/mol. The van der Waals surface area contributed by atoms with Gasteiger partial charge in [0.05, 0.1) is 24.7 Å². The second kappa shape index (κ2) is 7.93. The number of benzene rings is 1. The number of ether oxygens (including phenoxy) is 2. The Bertz CT molecular complexity index is 587. The van der Waals surface area contributed by atoms with Crippen molar-refractivity contribution in [1.82, 2.24) is 0 Å². The van der Waals surface area contributed by atoms with E-state index in [1.54, 1.807) is 0 Å². The van der Waals surface area contributed by atoms with Crippen LogP contribution in [-0.2, 0) is 4.43 Å². The lowest BCUT2D eigenvalue weighted by molar-refractivity contribution is -0.387. The molecule has 0 heterocycles. The average Bonchev–Trinajstić information content (AvgIpc) is 2.45. The summed E-state index contributed by atoms with van der Waals surface area (Å²) < 4.78 is 30.2. The van der Waals surface area contributed by atoms with Crippen molar-refractivity contribution in [3.05, 3.63) is 28.1 Å². The maximum Gasteiger partial charge on any atom is 0.308 e. The van der Waals surface area contributed by atoms with Crippen LogP contribution in [0.5, 0.6) is 11.5 Å². The van der Waals surface area contributed by atoms with Crippen molar-refractivity contribution in [2.75, 3.05) is 20.3 Å². The van der Waals surface area contributed by atoms with Crippen molar-refractivity contribution in [2.24, 2.45) is 0 Å². The molecule has 0 amide bonds. The summed E-state index contributed by atoms with van der Waals surface area (Å²) in [5, 5.41) is 10.9. The van der Waals surface area contributed by atoms with E-state index in [9.17, 15) is 14.5 Å². The SMILES string of the molecule is COc1cc([N+](=O)[O-])c(F)cc1OCCCO[Si](C)(C)C(C)(C)C. The van der Waals surface area contributed by atoms with E-state index in [2.05, 4.69) is 33.9 Å². The van der Waals surface area contributed by atoms with Crippen LogP contribution in [0.4, 0.5) is 10.1 Å². The predicted octanol–water partition coefficient (Wildman–Crippen LogP) is 4.53. The molecule has 0 aliphatic rings. The highest BCUT2D eigenvalue weighted by Gasteiger charge is 2.36. The number of methoxy groups -OCH3 is 1. The topological polar surface area (TPSA) is 70.8 Å². The Balaban J connectivity index is 2.60. The zero-order valence-electron chi connectivity index (χ0n) is 15.1. The Morgan fingerprint density at radius 1 is 1.21 bits per heavy atom. The molecule has 0 atom stereocenters. The fourth-order valence-electron chi connectivity index (χ4n) is 1.72. The number of hydrogen-bond donors (Lipinski definition) is 0. The summed E-state index contributed by atoms with van der Waals surface area (Å²) in [6.45, 7) is 11.7. The van der Waals surface area contributed by atoms with Gasteiger partial charge >= 0.3 is 5.69 Å². The Labute approximate surface area is 143 Å². The van der Waals surface area contributed by atoms with Gasteiger partial charge in [-0.15, -0.1) is 0 Å². The number of rotatable bonds is 8. The van der Waals surface area contributed by atoms with Gasteiger partial charge in [-0.05, 0) is 18.1 Å². The molecule has 0 N–H and O–H groups in total. The van der Waals surface area contributed by atoms with Gasteiger partial charge in [0.15, 0.2) is 19.8 Å². The van der Waals surface area contributed by atoms with E-state index in [1.165, 1.54) is 7.11 Å². The molecule has 24 heavy (non-hydrogen) atoms. The van der Waals surface area contributed by atoms with Crippen molar-refractivity contribution < 1.29 is 23.2 Å². The van der Waals surface area contributed by atoms with Crippen LogP contribution >= 0.6 is 0 Å². The molecule has 0 bridgehead atoms. The zero-order valence-corrected chi connectivity index (χ0v) is 16.1. The lowest BCUT2D eigenvalue weighted by atomic mass is 10.2. The summed E-state index contributed by atoms with van der Waals surface area (Å²) in [6.07, 6.45) is 0.633. The molecule has 136 valence electrons. The first-order chi connectivity index (χ1) is 11.0. The van der Waals surface area contributed by atoms with Gasteiger partial charge < -0.3 is 13.9 Å². The highest BCUT2D eigenvalue weighted by atomic mass is 28.4. The number of hydrogen-bond acceptors (Lipinski definition) is 5. The van der Waals surface area contributed by atoms with Crippen molar-refractivity contribution in [1.29, 1.82) is 0 Å². The molecule has 1 aromatic rings. The third-order valence-electron chi connectivity index (χ3n) is 4.25. The fraction of sp³-hybridized carbons (Fsp3) is 0.625. The van der Waals surface area contributed by atoms with Crippen LogP contribution in [0.1, 0.15) is 27.2 Å². The van der Waals surface area contributed by atoms with E-state index in [0.29, 0.717) is 19.6 Å². The third kappa shape index (κ3) is 5.17. The van der Waals surface area contributed by atoms with Gasteiger partial charge in [-0.2, -0.15) is 4.39 Å². The van der Waals surface area contributed by atoms with Crippen LogP contribution < -0.4 is 9.47 Å². The molecule has 1 rings (SSSR count). The number of nitro groups is 1. The van der Waals surface area contributed by atoms with E-state index < -0.39 is 24.7 Å². The smallest absolute Gasteiger partial charge is 0.308 e. The normalized spacial score (nSPS) is 12.1. The average molecular weight is 359 g/mol. The molecular formula is C16H26FNO5Si. The zero-order chi connectivity index (χ0) is 18.5. The first-order valence-electron chi connectivity index (χ1n) is 7.78. The molecule has 1 aromatic carbocycles. The molecule has 0 saturated heterocycles. The molecule has 0 saturated carbocycles. The summed E-state index contributed by atoms with van der Waals surface area (Å²) in [4.78, 5) is 9.93. The lowest BCUT2D eigenvalue weighted by Crippen LogP contribution is -2.41. The molecule has 0 fully saturated rings. The van der Waals surface area contributed by atoms with Crippen LogP contribution in [-0.4, -0.2) is 33.6 Å². The number of nitro benzene ring substituents is 1. The molecule has 0 spiro atoms. The summed E-state index contributed by atoms with van der Waals surface area (Å²) in [6, 6.07) is 2.00. The fourth-order valence-corrected chi connectivity index (χ4v) is 2.81. The summed E-state index contributed by atoms with van der Waals surface area (Å²) in [5.74, 6) is -0.672. The Hall–Kier alpha value is -1.67. The maximum atomic E-state index is 13.7. The van der Waals surface area contributed by atoms with Crippen LogP contribution in [0.15, 0.2) is 12.1 Å². The van der Waals surface area contributed by atoms with Crippen molar-refractivity contribution in [2.45, 2.75) is 45.3 Å². The molecule has 0 radical (unpaired) electrons. The minimum absolute atomic E-state index is 0.133. The molecule has 0 aliphatic carbocycles. The highest BCUT2D eigenvalue weighted by molar-refractivity contribution is 6.74. The summed E-state index contributed by atoms with van der Waals surface area (Å²) in [5.41, 5.74) is -0.638. The predicted molar refractivity (Wildman–Crippen MR) is 92.9 cm³/mol. The maximum absolute atomic E-state index is 13.7. The van der Waals surface area contributed by atoms with Gasteiger partial charge in [0.2, 0.25) is 5.82 Å². The Morgan fingerprint density at radius 2 is 1.83 bits per heavy atom. The molecule has 8 heteroatoms. The quantitative estimate of drug-likeness (QED) is 0.295. The second-order valence-electron chi connectivity index (χ2n) is 7.02. The van der Waals surface area contributed by atoms with Gasteiger partial charge in [-0.1, -0.05) is 20.8 Å². The summed E-state index contributed by atoms with van der Waals surface area (Å²) in [7, 11) is -0.445. The van der Waals surface area contributed by atoms with Crippen LogP contribution in [0.25, 0.3) is 0 Å². The van der Waals surface area contributed by atoms with Crippen molar-refractivity contribution in [3.63, 3.8) is 0 Å². The van der Waals surface area contributed by atoms with Crippen molar-refractivity contribution >= 4 is 14.0 Å². The number of halogens is 1. The van der Waals surface area contributed by atoms with Gasteiger partial charge in [0.1, 0.15) is 0 Å². The van der Waals surface area contributed by atoms with Gasteiger partial charge in [-0.3, -0.25) is 10.1 Å². The minimum Gasteiger partial charge on any atom is -0.493 e. The van der Waals surface area contributed by atoms with Crippen molar-refractivity contribution in [3.8, 4) is 11.5 Å². The van der Waals surface area contributed by atoms with Crippen LogP contribution in [0, 0.1) is 15.9 Å². The number of nitrogens with zero attached hydrogens (tertiary/aromatic N) is 1. The van der Waals surface area contributed by atoms with E-state index in [4.69, 9.17) is 13.9 Å². The highest BCUT2D eigenvalue weighted by Crippen LogP contribution is 2.37.